The molecule has 1 N–H and O–H groups in total. The Morgan fingerprint density at radius 2 is 1.63 bits per heavy atom. The highest BCUT2D eigenvalue weighted by Crippen LogP contribution is 2.28. The third-order valence-corrected chi connectivity index (χ3v) is 6.54. The van der Waals surface area contributed by atoms with Crippen LogP contribution in [0.1, 0.15) is 12.8 Å². The molecule has 0 saturated carbocycles. The number of hydrogen-bond donors (Lipinski definition) is 1. The van der Waals surface area contributed by atoms with Crippen LogP contribution in [0.5, 0.6) is 0 Å². The minimum atomic E-state index is -3.82. The lowest BCUT2D eigenvalue weighted by molar-refractivity contribution is -0.137. The van der Waals surface area contributed by atoms with Crippen LogP contribution in [0, 0.1) is 0 Å². The molecule has 5 nitrogen and oxygen atoms in total. The van der Waals surface area contributed by atoms with Crippen LogP contribution in [0.15, 0.2) is 76.1 Å². The summed E-state index contributed by atoms with van der Waals surface area (Å²) in [6, 6.07) is 19.5. The Labute approximate surface area is 166 Å². The summed E-state index contributed by atoms with van der Waals surface area (Å²) in [6.45, 7) is 0.0863. The molecule has 0 aromatic heterocycles. The molecule has 0 amide bonds. The van der Waals surface area contributed by atoms with Crippen LogP contribution < -0.4 is 4.31 Å². The largest absolute Gasteiger partial charge is 0.481 e. The Morgan fingerprint density at radius 1 is 0.963 bits per heavy atom. The Kier molecular flexibility index (Phi) is 5.82. The van der Waals surface area contributed by atoms with Crippen LogP contribution in [-0.2, 0) is 14.8 Å². The first-order chi connectivity index (χ1) is 12.9. The smallest absolute Gasteiger partial charge is 0.303 e. The van der Waals surface area contributed by atoms with E-state index in [1.165, 1.54) is 16.4 Å². The van der Waals surface area contributed by atoms with Gasteiger partial charge in [0.25, 0.3) is 10.0 Å². The lowest BCUT2D eigenvalue weighted by Gasteiger charge is -2.25. The van der Waals surface area contributed by atoms with Crippen molar-refractivity contribution in [1.29, 1.82) is 0 Å². The number of rotatable bonds is 7. The summed E-state index contributed by atoms with van der Waals surface area (Å²) in [5.74, 6) is -0.950. The van der Waals surface area contributed by atoms with Crippen molar-refractivity contribution in [2.24, 2.45) is 0 Å². The average molecular weight is 448 g/mol. The van der Waals surface area contributed by atoms with E-state index in [0.29, 0.717) is 5.69 Å². The standard InChI is InChI=1S/C20H18BrNO4S/c21-17-8-11-19(12-9-17)27(25,26)22(13-3-6-20(23)24)18-10-7-15-4-1-2-5-16(15)14-18/h1-2,4-5,7-12,14H,3,6,13H2,(H,23,24). The SMILES string of the molecule is O=C(O)CCCN(c1ccc2ccccc2c1)S(=O)(=O)c1ccc(Br)cc1. The van der Waals surface area contributed by atoms with Crippen molar-refractivity contribution in [1.82, 2.24) is 0 Å². The average Bonchev–Trinajstić information content (AvgIpc) is 2.65. The van der Waals surface area contributed by atoms with E-state index in [-0.39, 0.29) is 24.3 Å². The second-order valence-electron chi connectivity index (χ2n) is 6.06. The van der Waals surface area contributed by atoms with Gasteiger partial charge in [-0.05, 0) is 53.6 Å². The number of anilines is 1. The molecule has 0 atom stereocenters. The van der Waals surface area contributed by atoms with Gasteiger partial charge in [0.1, 0.15) is 0 Å². The molecule has 0 spiro atoms. The minimum absolute atomic E-state index is 0.0863. The van der Waals surface area contributed by atoms with Crippen molar-refractivity contribution in [3.05, 3.63) is 71.2 Å². The molecule has 7 heteroatoms. The van der Waals surface area contributed by atoms with E-state index in [4.69, 9.17) is 5.11 Å². The Balaban J connectivity index is 2.03. The van der Waals surface area contributed by atoms with Gasteiger partial charge in [-0.1, -0.05) is 46.3 Å². The van der Waals surface area contributed by atoms with Gasteiger partial charge in [0.2, 0.25) is 0 Å². The predicted molar refractivity (Wildman–Crippen MR) is 109 cm³/mol. The minimum Gasteiger partial charge on any atom is -0.481 e. The number of halogens is 1. The van der Waals surface area contributed by atoms with Gasteiger partial charge >= 0.3 is 5.97 Å². The summed E-state index contributed by atoms with van der Waals surface area (Å²) in [5, 5.41) is 10.8. The van der Waals surface area contributed by atoms with E-state index in [0.717, 1.165) is 15.2 Å². The molecule has 27 heavy (non-hydrogen) atoms. The summed E-state index contributed by atoms with van der Waals surface area (Å²) < 4.78 is 28.5. The zero-order valence-corrected chi connectivity index (χ0v) is 16.8. The van der Waals surface area contributed by atoms with Gasteiger partial charge in [0.05, 0.1) is 10.6 Å². The van der Waals surface area contributed by atoms with Gasteiger partial charge < -0.3 is 5.11 Å². The Morgan fingerprint density at radius 3 is 2.30 bits per heavy atom. The first-order valence-electron chi connectivity index (χ1n) is 8.37. The van der Waals surface area contributed by atoms with Crippen molar-refractivity contribution < 1.29 is 18.3 Å². The topological polar surface area (TPSA) is 74.7 Å². The van der Waals surface area contributed by atoms with Gasteiger partial charge in [0.15, 0.2) is 0 Å². The van der Waals surface area contributed by atoms with E-state index in [9.17, 15) is 13.2 Å². The molecule has 0 bridgehead atoms. The maximum absolute atomic E-state index is 13.2. The number of fused-ring (bicyclic) bond motifs is 1. The highest BCUT2D eigenvalue weighted by molar-refractivity contribution is 9.10. The van der Waals surface area contributed by atoms with Crippen molar-refractivity contribution in [3.63, 3.8) is 0 Å². The lowest BCUT2D eigenvalue weighted by Crippen LogP contribution is -2.32. The molecule has 3 aromatic rings. The summed E-state index contributed by atoms with van der Waals surface area (Å²) in [7, 11) is -3.82. The Hall–Kier alpha value is -2.38. The zero-order valence-electron chi connectivity index (χ0n) is 14.4. The summed E-state index contributed by atoms with van der Waals surface area (Å²) in [4.78, 5) is 11.0. The van der Waals surface area contributed by atoms with Gasteiger partial charge in [-0.15, -0.1) is 0 Å². The molecular formula is C20H18BrNO4S. The van der Waals surface area contributed by atoms with Crippen molar-refractivity contribution in [3.8, 4) is 0 Å². The highest BCUT2D eigenvalue weighted by atomic mass is 79.9. The summed E-state index contributed by atoms with van der Waals surface area (Å²) >= 11 is 3.31. The van der Waals surface area contributed by atoms with Crippen LogP contribution in [0.25, 0.3) is 10.8 Å². The van der Waals surface area contributed by atoms with E-state index < -0.39 is 16.0 Å². The molecule has 0 aliphatic carbocycles. The highest BCUT2D eigenvalue weighted by Gasteiger charge is 2.25. The van der Waals surface area contributed by atoms with Crippen LogP contribution >= 0.6 is 15.9 Å². The molecule has 0 aliphatic rings. The normalized spacial score (nSPS) is 11.4. The fraction of sp³-hybridized carbons (Fsp3) is 0.150. The summed E-state index contributed by atoms with van der Waals surface area (Å²) in [5.41, 5.74) is 0.516. The first-order valence-corrected chi connectivity index (χ1v) is 10.6. The Bertz CT molecular complexity index is 1060. The second kappa shape index (κ2) is 8.10. The maximum atomic E-state index is 13.2. The second-order valence-corrected chi connectivity index (χ2v) is 8.84. The molecule has 3 rings (SSSR count). The van der Waals surface area contributed by atoms with Crippen molar-refractivity contribution >= 4 is 48.4 Å². The molecule has 3 aromatic carbocycles. The van der Waals surface area contributed by atoms with Gasteiger partial charge in [0, 0.05) is 17.4 Å². The molecule has 0 heterocycles. The number of sulfonamides is 1. The molecular weight excluding hydrogens is 430 g/mol. The first kappa shape index (κ1) is 19.4. The maximum Gasteiger partial charge on any atom is 0.303 e. The molecule has 0 saturated heterocycles. The van der Waals surface area contributed by atoms with Crippen LogP contribution in [-0.4, -0.2) is 26.0 Å². The number of nitrogens with zero attached hydrogens (tertiary/aromatic N) is 1. The van der Waals surface area contributed by atoms with Crippen LogP contribution in [0.2, 0.25) is 0 Å². The van der Waals surface area contributed by atoms with Crippen molar-refractivity contribution in [2.75, 3.05) is 10.8 Å². The fourth-order valence-corrected chi connectivity index (χ4v) is 4.59. The quantitative estimate of drug-likeness (QED) is 0.571. The fourth-order valence-electron chi connectivity index (χ4n) is 2.83. The number of benzene rings is 3. The number of carboxylic acid groups (broad SMARTS) is 1. The monoisotopic (exact) mass is 447 g/mol. The predicted octanol–water partition coefficient (Wildman–Crippen LogP) is 4.66. The van der Waals surface area contributed by atoms with Gasteiger partial charge in [-0.2, -0.15) is 0 Å². The van der Waals surface area contributed by atoms with E-state index >= 15 is 0 Å². The third kappa shape index (κ3) is 4.48. The molecule has 0 fully saturated rings. The number of aliphatic carboxylic acids is 1. The van der Waals surface area contributed by atoms with E-state index in [1.54, 1.807) is 18.2 Å². The third-order valence-electron chi connectivity index (χ3n) is 4.17. The zero-order chi connectivity index (χ0) is 19.4. The van der Waals surface area contributed by atoms with Crippen LogP contribution in [0.3, 0.4) is 0 Å². The molecule has 0 aliphatic heterocycles. The van der Waals surface area contributed by atoms with Gasteiger partial charge in [-0.3, -0.25) is 9.10 Å². The molecule has 140 valence electrons. The number of carbonyl (C=O) groups is 1. The van der Waals surface area contributed by atoms with Crippen LogP contribution in [0.4, 0.5) is 5.69 Å². The van der Waals surface area contributed by atoms with E-state index in [1.807, 2.05) is 36.4 Å². The molecule has 0 radical (unpaired) electrons. The molecule has 0 unspecified atom stereocenters. The van der Waals surface area contributed by atoms with E-state index in [2.05, 4.69) is 15.9 Å². The van der Waals surface area contributed by atoms with Crippen molar-refractivity contribution in [2.45, 2.75) is 17.7 Å². The number of carboxylic acids is 1. The lowest BCUT2D eigenvalue weighted by atomic mass is 10.1. The number of hydrogen-bond acceptors (Lipinski definition) is 3. The summed E-state index contributed by atoms with van der Waals surface area (Å²) in [6.07, 6.45) is 0.123. The van der Waals surface area contributed by atoms with Gasteiger partial charge in [-0.25, -0.2) is 8.42 Å².